The first-order valence-electron chi connectivity index (χ1n) is 11.8. The molecule has 186 valence electrons. The van der Waals surface area contributed by atoms with Gasteiger partial charge in [-0.3, -0.25) is 0 Å². The molecule has 38 heavy (non-hydrogen) atoms. The van der Waals surface area contributed by atoms with E-state index in [1.165, 1.54) is 17.4 Å². The lowest BCUT2D eigenvalue weighted by Crippen LogP contribution is -2.12. The van der Waals surface area contributed by atoms with Crippen LogP contribution in [0.15, 0.2) is 116 Å². The van der Waals surface area contributed by atoms with Crippen LogP contribution in [0.25, 0.3) is 27.9 Å². The van der Waals surface area contributed by atoms with E-state index < -0.39 is 11.4 Å². The van der Waals surface area contributed by atoms with Crippen LogP contribution in [-0.2, 0) is 0 Å². The van der Waals surface area contributed by atoms with E-state index in [1.54, 1.807) is 52.1 Å². The van der Waals surface area contributed by atoms with Gasteiger partial charge in [0.2, 0.25) is 4.80 Å². The van der Waals surface area contributed by atoms with Crippen LogP contribution in [0, 0.1) is 12.7 Å². The van der Waals surface area contributed by atoms with Crippen molar-refractivity contribution in [2.45, 2.75) is 6.92 Å². The van der Waals surface area contributed by atoms with Gasteiger partial charge >= 0.3 is 5.63 Å². The van der Waals surface area contributed by atoms with Gasteiger partial charge in [0.1, 0.15) is 22.8 Å². The van der Waals surface area contributed by atoms with E-state index >= 15 is 0 Å². The van der Waals surface area contributed by atoms with Crippen LogP contribution in [-0.4, -0.2) is 20.7 Å². The van der Waals surface area contributed by atoms with E-state index in [-0.39, 0.29) is 5.69 Å². The number of thiazole rings is 1. The predicted molar refractivity (Wildman–Crippen MR) is 147 cm³/mol. The number of benzene rings is 3. The van der Waals surface area contributed by atoms with Gasteiger partial charge in [0.15, 0.2) is 0 Å². The zero-order valence-electron chi connectivity index (χ0n) is 20.2. The number of nitrogens with zero attached hydrogens (tertiary/aromatic N) is 5. The highest BCUT2D eigenvalue weighted by atomic mass is 32.1. The van der Waals surface area contributed by atoms with Crippen molar-refractivity contribution in [3.8, 4) is 16.9 Å². The molecule has 0 spiro atoms. The fourth-order valence-electron chi connectivity index (χ4n) is 4.00. The van der Waals surface area contributed by atoms with Crippen molar-refractivity contribution in [2.75, 3.05) is 0 Å². The third-order valence-corrected chi connectivity index (χ3v) is 6.82. The molecule has 0 N–H and O–H groups in total. The average molecular weight is 522 g/mol. The van der Waals surface area contributed by atoms with Crippen molar-refractivity contribution in [2.24, 2.45) is 10.1 Å². The molecule has 0 amide bonds. The van der Waals surface area contributed by atoms with Gasteiger partial charge in [-0.25, -0.2) is 23.5 Å². The minimum Gasteiger partial charge on any atom is -0.422 e. The number of para-hydroxylation sites is 3. The molecule has 3 aromatic carbocycles. The van der Waals surface area contributed by atoms with Crippen LogP contribution in [0.5, 0.6) is 0 Å². The topological polar surface area (TPSA) is 77.7 Å². The number of halogens is 1. The molecule has 0 aliphatic carbocycles. The van der Waals surface area contributed by atoms with Gasteiger partial charge in [-0.05, 0) is 43.3 Å². The molecule has 0 fully saturated rings. The molecule has 0 aliphatic heterocycles. The van der Waals surface area contributed by atoms with E-state index in [4.69, 9.17) is 9.52 Å². The Labute approximate surface area is 220 Å². The Bertz CT molecular complexity index is 1930. The molecule has 0 radical (unpaired) electrons. The zero-order valence-corrected chi connectivity index (χ0v) is 21.0. The lowest BCUT2D eigenvalue weighted by atomic mass is 10.1. The van der Waals surface area contributed by atoms with Crippen LogP contribution in [0.1, 0.15) is 11.3 Å². The van der Waals surface area contributed by atoms with Crippen molar-refractivity contribution in [3.05, 3.63) is 129 Å². The largest absolute Gasteiger partial charge is 0.422 e. The van der Waals surface area contributed by atoms with Crippen LogP contribution in [0.3, 0.4) is 0 Å². The second-order valence-corrected chi connectivity index (χ2v) is 9.31. The summed E-state index contributed by atoms with van der Waals surface area (Å²) in [6.45, 7) is 1.89. The Kier molecular flexibility index (Phi) is 6.11. The number of aromatic nitrogens is 3. The number of aryl methyl sites for hydroxylation is 1. The molecular formula is C29H20FN5O2S. The maximum Gasteiger partial charge on any atom is 0.345 e. The molecule has 0 atom stereocenters. The maximum absolute atomic E-state index is 14.2. The maximum atomic E-state index is 14.2. The molecule has 0 saturated heterocycles. The van der Waals surface area contributed by atoms with E-state index in [0.29, 0.717) is 27.2 Å². The van der Waals surface area contributed by atoms with E-state index in [9.17, 15) is 9.18 Å². The fourth-order valence-corrected chi connectivity index (χ4v) is 4.82. The minimum atomic E-state index is -0.494. The Morgan fingerprint density at radius 3 is 2.61 bits per heavy atom. The summed E-state index contributed by atoms with van der Waals surface area (Å²) in [6.07, 6.45) is 3.43. The predicted octanol–water partition coefficient (Wildman–Crippen LogP) is 6.07. The number of hydrogen-bond acceptors (Lipinski definition) is 6. The summed E-state index contributed by atoms with van der Waals surface area (Å²) < 4.78 is 23.1. The highest BCUT2D eigenvalue weighted by Crippen LogP contribution is 2.24. The van der Waals surface area contributed by atoms with Crippen LogP contribution in [0.4, 0.5) is 10.1 Å². The summed E-state index contributed by atoms with van der Waals surface area (Å²) >= 11 is 1.35. The molecule has 7 nitrogen and oxygen atoms in total. The summed E-state index contributed by atoms with van der Waals surface area (Å²) in [7, 11) is 0. The first-order valence-corrected chi connectivity index (χ1v) is 12.6. The van der Waals surface area contributed by atoms with Crippen LogP contribution >= 0.6 is 11.3 Å². The van der Waals surface area contributed by atoms with E-state index in [1.807, 2.05) is 60.8 Å². The molecule has 0 bridgehead atoms. The van der Waals surface area contributed by atoms with Crippen LogP contribution in [0.2, 0.25) is 0 Å². The van der Waals surface area contributed by atoms with Crippen molar-refractivity contribution in [3.63, 3.8) is 0 Å². The van der Waals surface area contributed by atoms with Gasteiger partial charge in [-0.15, -0.1) is 11.3 Å². The zero-order chi connectivity index (χ0) is 26.1. The molecule has 3 heterocycles. The van der Waals surface area contributed by atoms with Crippen molar-refractivity contribution >= 4 is 34.2 Å². The third kappa shape index (κ3) is 4.51. The monoisotopic (exact) mass is 521 g/mol. The number of fused-ring (bicyclic) bond motifs is 1. The Balaban J connectivity index is 1.50. The van der Waals surface area contributed by atoms with Gasteiger partial charge in [0.05, 0.1) is 23.2 Å². The molecule has 0 unspecified atom stereocenters. The quantitative estimate of drug-likeness (QED) is 0.204. The van der Waals surface area contributed by atoms with E-state index in [2.05, 4.69) is 10.1 Å². The summed E-state index contributed by atoms with van der Waals surface area (Å²) in [4.78, 5) is 18.0. The average Bonchev–Trinajstić information content (AvgIpc) is 3.52. The van der Waals surface area contributed by atoms with Gasteiger partial charge in [0.25, 0.3) is 0 Å². The lowest BCUT2D eigenvalue weighted by molar-refractivity contribution is 0.563. The Morgan fingerprint density at radius 2 is 1.76 bits per heavy atom. The number of hydrogen-bond donors (Lipinski definition) is 0. The standard InChI is InChI=1S/C29H20FN5O2S/c1-19-18-38-29(32-25-13-7-6-12-24(25)30)35(19)31-16-21-17-34(22-10-3-2-4-11-22)33-27(21)23-15-20-9-5-8-14-26(20)37-28(23)36/h2-18H,1H3. The summed E-state index contributed by atoms with van der Waals surface area (Å²) in [6, 6.07) is 25.0. The highest BCUT2D eigenvalue weighted by molar-refractivity contribution is 7.07. The molecule has 9 heteroatoms. The van der Waals surface area contributed by atoms with Gasteiger partial charge in [-0.1, -0.05) is 48.5 Å². The third-order valence-electron chi connectivity index (χ3n) is 5.89. The minimum absolute atomic E-state index is 0.227. The van der Waals surface area contributed by atoms with Crippen molar-refractivity contribution in [1.82, 2.24) is 14.5 Å². The second-order valence-electron chi connectivity index (χ2n) is 8.48. The van der Waals surface area contributed by atoms with Crippen molar-refractivity contribution in [1.29, 1.82) is 0 Å². The molecule has 0 saturated carbocycles. The smallest absolute Gasteiger partial charge is 0.345 e. The Hall–Kier alpha value is -4.89. The molecular weight excluding hydrogens is 501 g/mol. The fraction of sp³-hybridized carbons (Fsp3) is 0.0345. The van der Waals surface area contributed by atoms with E-state index in [0.717, 1.165) is 16.8 Å². The number of rotatable bonds is 5. The normalized spacial score (nSPS) is 12.1. The first kappa shape index (κ1) is 23.5. The molecule has 3 aromatic heterocycles. The molecule has 6 aromatic rings. The van der Waals surface area contributed by atoms with Gasteiger partial charge in [0, 0.05) is 22.5 Å². The second kappa shape index (κ2) is 9.87. The lowest BCUT2D eigenvalue weighted by Gasteiger charge is -2.02. The van der Waals surface area contributed by atoms with Gasteiger partial charge < -0.3 is 4.42 Å². The summed E-state index contributed by atoms with van der Waals surface area (Å²) in [5, 5.41) is 12.1. The first-order chi connectivity index (χ1) is 18.6. The summed E-state index contributed by atoms with van der Waals surface area (Å²) in [5.74, 6) is -0.413. The Morgan fingerprint density at radius 1 is 1.00 bits per heavy atom. The highest BCUT2D eigenvalue weighted by Gasteiger charge is 2.17. The molecule has 6 rings (SSSR count). The van der Waals surface area contributed by atoms with Crippen LogP contribution < -0.4 is 10.4 Å². The van der Waals surface area contributed by atoms with Gasteiger partial charge in [-0.2, -0.15) is 10.2 Å². The van der Waals surface area contributed by atoms with Crippen molar-refractivity contribution < 1.29 is 8.81 Å². The summed E-state index contributed by atoms with van der Waals surface area (Å²) in [5.41, 5.74) is 3.24. The molecule has 0 aliphatic rings. The SMILES string of the molecule is Cc1csc(=Nc2ccccc2F)n1N=Cc1cn(-c2ccccc2)nc1-c1cc2ccccc2oc1=O.